The maximum atomic E-state index is 12.6. The van der Waals surface area contributed by atoms with Crippen LogP contribution in [0.25, 0.3) is 11.1 Å². The lowest BCUT2D eigenvalue weighted by Crippen LogP contribution is -1.70. The number of hydrogen-bond donors (Lipinski definition) is 0. The van der Waals surface area contributed by atoms with Crippen LogP contribution >= 0.6 is 0 Å². The maximum absolute atomic E-state index is 12.6. The fourth-order valence-corrected chi connectivity index (χ4v) is 0.954. The lowest BCUT2D eigenvalue weighted by molar-refractivity contribution is 0.599. The van der Waals surface area contributed by atoms with E-state index in [0.29, 0.717) is 11.1 Å². The van der Waals surface area contributed by atoms with E-state index >= 15 is 0 Å². The molecule has 0 fully saturated rings. The standard InChI is InChI=1S/C8H5FN2O/c1-10-8-11-6-3-2-5(9)4-7(6)12-8/h2-4H,1H2. The first-order chi connectivity index (χ1) is 5.79. The SMILES string of the molecule is C=Nc1nc2ccc(F)cc2o1. The molecule has 0 saturated carbocycles. The van der Waals surface area contributed by atoms with Gasteiger partial charge in [0, 0.05) is 6.07 Å². The van der Waals surface area contributed by atoms with E-state index in [0.717, 1.165) is 0 Å². The molecule has 0 spiro atoms. The zero-order chi connectivity index (χ0) is 8.55. The topological polar surface area (TPSA) is 38.4 Å². The van der Waals surface area contributed by atoms with Gasteiger partial charge in [-0.15, -0.1) is 0 Å². The van der Waals surface area contributed by atoms with Crippen molar-refractivity contribution in [2.45, 2.75) is 0 Å². The first-order valence-corrected chi connectivity index (χ1v) is 3.32. The van der Waals surface area contributed by atoms with Gasteiger partial charge in [0.15, 0.2) is 5.58 Å². The van der Waals surface area contributed by atoms with Crippen LogP contribution in [-0.2, 0) is 0 Å². The molecule has 0 aliphatic carbocycles. The van der Waals surface area contributed by atoms with Crippen LogP contribution in [0.2, 0.25) is 0 Å². The minimum absolute atomic E-state index is 0.163. The Morgan fingerprint density at radius 3 is 3.08 bits per heavy atom. The Bertz CT molecular complexity index is 436. The molecule has 60 valence electrons. The molecule has 0 saturated heterocycles. The molecule has 0 bridgehead atoms. The predicted octanol–water partition coefficient (Wildman–Crippen LogP) is 2.30. The summed E-state index contributed by atoms with van der Waals surface area (Å²) < 4.78 is 17.6. The lowest BCUT2D eigenvalue weighted by Gasteiger charge is -1.84. The van der Waals surface area contributed by atoms with Crippen LogP contribution in [0, 0.1) is 5.82 Å². The highest BCUT2D eigenvalue weighted by atomic mass is 19.1. The smallest absolute Gasteiger partial charge is 0.322 e. The van der Waals surface area contributed by atoms with Gasteiger partial charge in [0.05, 0.1) is 0 Å². The van der Waals surface area contributed by atoms with Crippen molar-refractivity contribution in [2.24, 2.45) is 4.99 Å². The molecule has 12 heavy (non-hydrogen) atoms. The molecule has 1 aromatic carbocycles. The van der Waals surface area contributed by atoms with Gasteiger partial charge in [0.1, 0.15) is 11.3 Å². The molecular formula is C8H5FN2O. The highest BCUT2D eigenvalue weighted by molar-refractivity contribution is 5.74. The van der Waals surface area contributed by atoms with Gasteiger partial charge in [0.2, 0.25) is 0 Å². The number of oxazole rings is 1. The van der Waals surface area contributed by atoms with Gasteiger partial charge in [-0.3, -0.25) is 0 Å². The first kappa shape index (κ1) is 6.97. The second-order valence-electron chi connectivity index (χ2n) is 2.27. The van der Waals surface area contributed by atoms with E-state index in [-0.39, 0.29) is 11.8 Å². The average molecular weight is 164 g/mol. The summed E-state index contributed by atoms with van der Waals surface area (Å²) in [5.74, 6) is -0.353. The summed E-state index contributed by atoms with van der Waals surface area (Å²) >= 11 is 0. The molecular weight excluding hydrogens is 159 g/mol. The van der Waals surface area contributed by atoms with Gasteiger partial charge in [-0.25, -0.2) is 9.38 Å². The zero-order valence-corrected chi connectivity index (χ0v) is 6.12. The number of benzene rings is 1. The van der Waals surface area contributed by atoms with Crippen LogP contribution in [0.3, 0.4) is 0 Å². The maximum Gasteiger partial charge on any atom is 0.322 e. The molecule has 4 heteroatoms. The molecule has 3 nitrogen and oxygen atoms in total. The molecule has 1 heterocycles. The quantitative estimate of drug-likeness (QED) is 0.606. The summed E-state index contributed by atoms with van der Waals surface area (Å²) in [7, 11) is 0. The number of rotatable bonds is 1. The number of hydrogen-bond acceptors (Lipinski definition) is 3. The second-order valence-corrected chi connectivity index (χ2v) is 2.27. The van der Waals surface area contributed by atoms with Crippen LogP contribution in [0.5, 0.6) is 0 Å². The van der Waals surface area contributed by atoms with E-state index in [1.165, 1.54) is 18.2 Å². The number of nitrogens with zero attached hydrogens (tertiary/aromatic N) is 2. The Kier molecular flexibility index (Phi) is 1.40. The van der Waals surface area contributed by atoms with Crippen LogP contribution in [0.1, 0.15) is 0 Å². The predicted molar refractivity (Wildman–Crippen MR) is 43.2 cm³/mol. The molecule has 0 N–H and O–H groups in total. The third kappa shape index (κ3) is 0.972. The normalized spacial score (nSPS) is 10.4. The van der Waals surface area contributed by atoms with Gasteiger partial charge in [-0.05, 0) is 18.9 Å². The molecule has 0 radical (unpaired) electrons. The van der Waals surface area contributed by atoms with Crippen molar-refractivity contribution >= 4 is 23.8 Å². The Morgan fingerprint density at radius 2 is 2.33 bits per heavy atom. The molecule has 2 rings (SSSR count). The molecule has 0 unspecified atom stereocenters. The summed E-state index contributed by atoms with van der Waals surface area (Å²) in [6.07, 6.45) is 0. The number of aliphatic imine (C=N–C) groups is 1. The molecule has 2 aromatic rings. The molecule has 1 aromatic heterocycles. The summed E-state index contributed by atoms with van der Waals surface area (Å²) in [5, 5.41) is 0. The summed E-state index contributed by atoms with van der Waals surface area (Å²) in [6, 6.07) is 4.27. The fourth-order valence-electron chi connectivity index (χ4n) is 0.954. The molecule has 0 amide bonds. The Labute approximate surface area is 67.6 Å². The average Bonchev–Trinajstić information content (AvgIpc) is 2.46. The molecule has 0 aliphatic rings. The lowest BCUT2D eigenvalue weighted by atomic mass is 10.3. The van der Waals surface area contributed by atoms with Crippen molar-refractivity contribution in [3.8, 4) is 0 Å². The van der Waals surface area contributed by atoms with Crippen LogP contribution < -0.4 is 0 Å². The van der Waals surface area contributed by atoms with E-state index in [1.54, 1.807) is 0 Å². The van der Waals surface area contributed by atoms with E-state index < -0.39 is 0 Å². The van der Waals surface area contributed by atoms with Crippen molar-refractivity contribution in [2.75, 3.05) is 0 Å². The van der Waals surface area contributed by atoms with Crippen molar-refractivity contribution in [3.05, 3.63) is 24.0 Å². The van der Waals surface area contributed by atoms with E-state index in [1.807, 2.05) is 0 Å². The van der Waals surface area contributed by atoms with Gasteiger partial charge in [-0.1, -0.05) is 0 Å². The van der Waals surface area contributed by atoms with Gasteiger partial charge >= 0.3 is 6.01 Å². The zero-order valence-electron chi connectivity index (χ0n) is 6.12. The van der Waals surface area contributed by atoms with Crippen molar-refractivity contribution in [1.29, 1.82) is 0 Å². The van der Waals surface area contributed by atoms with Gasteiger partial charge in [-0.2, -0.15) is 4.98 Å². The monoisotopic (exact) mass is 164 g/mol. The largest absolute Gasteiger partial charge is 0.422 e. The highest BCUT2D eigenvalue weighted by Crippen LogP contribution is 2.20. The highest BCUT2D eigenvalue weighted by Gasteiger charge is 2.03. The summed E-state index contributed by atoms with van der Waals surface area (Å²) in [5.41, 5.74) is 0.969. The van der Waals surface area contributed by atoms with E-state index in [2.05, 4.69) is 16.7 Å². The van der Waals surface area contributed by atoms with E-state index in [4.69, 9.17) is 4.42 Å². The minimum atomic E-state index is -0.353. The van der Waals surface area contributed by atoms with Crippen LogP contribution in [-0.4, -0.2) is 11.7 Å². The minimum Gasteiger partial charge on any atom is -0.422 e. The molecule has 0 aliphatic heterocycles. The van der Waals surface area contributed by atoms with Crippen molar-refractivity contribution < 1.29 is 8.81 Å². The number of halogens is 1. The summed E-state index contributed by atoms with van der Waals surface area (Å²) in [6.45, 7) is 3.25. The van der Waals surface area contributed by atoms with Gasteiger partial charge < -0.3 is 4.42 Å². The van der Waals surface area contributed by atoms with Crippen molar-refractivity contribution in [1.82, 2.24) is 4.98 Å². The van der Waals surface area contributed by atoms with Crippen LogP contribution in [0.4, 0.5) is 10.4 Å². The number of fused-ring (bicyclic) bond motifs is 1. The van der Waals surface area contributed by atoms with Crippen molar-refractivity contribution in [3.63, 3.8) is 0 Å². The van der Waals surface area contributed by atoms with Gasteiger partial charge in [0.25, 0.3) is 0 Å². The first-order valence-electron chi connectivity index (χ1n) is 3.32. The van der Waals surface area contributed by atoms with Crippen LogP contribution in [0.15, 0.2) is 27.6 Å². The number of aromatic nitrogens is 1. The Hall–Kier alpha value is -1.71. The third-order valence-corrected chi connectivity index (χ3v) is 1.47. The molecule has 0 atom stereocenters. The fraction of sp³-hybridized carbons (Fsp3) is 0. The Balaban J connectivity index is 2.75. The second kappa shape index (κ2) is 2.41. The van der Waals surface area contributed by atoms with E-state index in [9.17, 15) is 4.39 Å². The Morgan fingerprint density at radius 1 is 1.50 bits per heavy atom. The third-order valence-electron chi connectivity index (χ3n) is 1.47. The summed E-state index contributed by atoms with van der Waals surface area (Å²) in [4.78, 5) is 7.40.